The molecule has 0 aromatic carbocycles. The lowest BCUT2D eigenvalue weighted by Crippen LogP contribution is -2.33. The van der Waals surface area contributed by atoms with E-state index in [9.17, 15) is 0 Å². The van der Waals surface area contributed by atoms with Crippen molar-refractivity contribution in [3.63, 3.8) is 0 Å². The summed E-state index contributed by atoms with van der Waals surface area (Å²) in [4.78, 5) is 2.65. The summed E-state index contributed by atoms with van der Waals surface area (Å²) in [6.07, 6.45) is 10.0. The fourth-order valence-electron chi connectivity index (χ4n) is 2.47. The van der Waals surface area contributed by atoms with Crippen LogP contribution in [-0.2, 0) is 0 Å². The van der Waals surface area contributed by atoms with Crippen LogP contribution in [0.4, 0.5) is 0 Å². The van der Waals surface area contributed by atoms with Gasteiger partial charge in [0.2, 0.25) is 0 Å². The molecule has 2 fully saturated rings. The van der Waals surface area contributed by atoms with Crippen LogP contribution in [-0.4, -0.2) is 37.1 Å². The molecule has 2 heteroatoms. The van der Waals surface area contributed by atoms with Crippen molar-refractivity contribution in [3.8, 4) is 0 Å². The van der Waals surface area contributed by atoms with Crippen molar-refractivity contribution in [2.24, 2.45) is 5.92 Å². The normalized spacial score (nSPS) is 21.4. The molecule has 0 aromatic heterocycles. The molecule has 0 saturated heterocycles. The van der Waals surface area contributed by atoms with E-state index in [0.29, 0.717) is 0 Å². The molecular weight excluding hydrogens is 196 g/mol. The van der Waals surface area contributed by atoms with Crippen molar-refractivity contribution in [1.29, 1.82) is 0 Å². The highest BCUT2D eigenvalue weighted by atomic mass is 15.1. The minimum atomic E-state index is 0.886. The predicted molar refractivity (Wildman–Crippen MR) is 69.7 cm³/mol. The van der Waals surface area contributed by atoms with Gasteiger partial charge >= 0.3 is 0 Å². The van der Waals surface area contributed by atoms with Crippen LogP contribution in [0.5, 0.6) is 0 Å². The summed E-state index contributed by atoms with van der Waals surface area (Å²) >= 11 is 0. The van der Waals surface area contributed by atoms with E-state index in [4.69, 9.17) is 0 Å². The van der Waals surface area contributed by atoms with Crippen LogP contribution in [0.2, 0.25) is 0 Å². The van der Waals surface area contributed by atoms with Crippen molar-refractivity contribution in [1.82, 2.24) is 10.2 Å². The third kappa shape index (κ3) is 4.42. The molecule has 0 spiro atoms. The molecule has 2 rings (SSSR count). The molecule has 2 aliphatic carbocycles. The predicted octanol–water partition coefficient (Wildman–Crippen LogP) is 2.64. The molecule has 2 saturated carbocycles. The van der Waals surface area contributed by atoms with Crippen LogP contribution in [0, 0.1) is 5.92 Å². The monoisotopic (exact) mass is 224 g/mol. The fourth-order valence-corrected chi connectivity index (χ4v) is 2.47. The van der Waals surface area contributed by atoms with E-state index in [1.807, 2.05) is 0 Å². The Morgan fingerprint density at radius 1 is 1.12 bits per heavy atom. The van der Waals surface area contributed by atoms with Gasteiger partial charge < -0.3 is 10.2 Å². The number of unbranched alkanes of at least 4 members (excludes halogenated alkanes) is 1. The largest absolute Gasteiger partial charge is 0.314 e. The van der Waals surface area contributed by atoms with E-state index in [0.717, 1.165) is 12.0 Å². The van der Waals surface area contributed by atoms with Crippen LogP contribution in [0.25, 0.3) is 0 Å². The second-order valence-corrected chi connectivity index (χ2v) is 5.63. The summed E-state index contributed by atoms with van der Waals surface area (Å²) in [5.41, 5.74) is 0. The van der Waals surface area contributed by atoms with Gasteiger partial charge in [0.1, 0.15) is 0 Å². The van der Waals surface area contributed by atoms with Crippen molar-refractivity contribution in [2.45, 2.75) is 57.9 Å². The van der Waals surface area contributed by atoms with Crippen LogP contribution in [0.15, 0.2) is 0 Å². The lowest BCUT2D eigenvalue weighted by molar-refractivity contribution is 0.181. The zero-order valence-electron chi connectivity index (χ0n) is 10.9. The Labute approximate surface area is 101 Å². The summed E-state index contributed by atoms with van der Waals surface area (Å²) < 4.78 is 0. The standard InChI is InChI=1S/C14H28N2/c1-2-16(12-13-6-5-7-13)11-4-3-10-15-14-8-9-14/h13-15H,2-12H2,1H3. The quantitative estimate of drug-likeness (QED) is 0.606. The van der Waals surface area contributed by atoms with Crippen molar-refractivity contribution < 1.29 is 0 Å². The summed E-state index contributed by atoms with van der Waals surface area (Å²) in [5, 5.41) is 3.59. The van der Waals surface area contributed by atoms with Crippen LogP contribution in [0.3, 0.4) is 0 Å². The van der Waals surface area contributed by atoms with Gasteiger partial charge in [-0.3, -0.25) is 0 Å². The highest BCUT2D eigenvalue weighted by molar-refractivity contribution is 4.80. The second kappa shape index (κ2) is 6.61. The first-order chi connectivity index (χ1) is 7.88. The summed E-state index contributed by atoms with van der Waals surface area (Å²) in [6, 6.07) is 0.886. The lowest BCUT2D eigenvalue weighted by Gasteiger charge is -2.31. The smallest absolute Gasteiger partial charge is 0.00682 e. The third-order valence-corrected chi connectivity index (χ3v) is 4.10. The number of hydrogen-bond donors (Lipinski definition) is 1. The molecule has 0 atom stereocenters. The van der Waals surface area contributed by atoms with Crippen molar-refractivity contribution in [3.05, 3.63) is 0 Å². The average molecular weight is 224 g/mol. The maximum atomic E-state index is 3.59. The second-order valence-electron chi connectivity index (χ2n) is 5.63. The first-order valence-electron chi connectivity index (χ1n) is 7.34. The highest BCUT2D eigenvalue weighted by Gasteiger charge is 2.20. The first kappa shape index (κ1) is 12.4. The molecule has 94 valence electrons. The van der Waals surface area contributed by atoms with Gasteiger partial charge in [0.25, 0.3) is 0 Å². The molecule has 0 aromatic rings. The minimum absolute atomic E-state index is 0.886. The Balaban J connectivity index is 1.44. The Morgan fingerprint density at radius 2 is 1.94 bits per heavy atom. The van der Waals surface area contributed by atoms with Gasteiger partial charge in [-0.1, -0.05) is 13.3 Å². The van der Waals surface area contributed by atoms with Crippen LogP contribution < -0.4 is 5.32 Å². The van der Waals surface area contributed by atoms with E-state index in [-0.39, 0.29) is 0 Å². The van der Waals surface area contributed by atoms with E-state index in [2.05, 4.69) is 17.1 Å². The van der Waals surface area contributed by atoms with Crippen molar-refractivity contribution in [2.75, 3.05) is 26.2 Å². The minimum Gasteiger partial charge on any atom is -0.314 e. The molecule has 2 nitrogen and oxygen atoms in total. The molecule has 0 heterocycles. The maximum absolute atomic E-state index is 3.59. The molecule has 16 heavy (non-hydrogen) atoms. The van der Waals surface area contributed by atoms with Gasteiger partial charge in [-0.15, -0.1) is 0 Å². The molecule has 0 aliphatic heterocycles. The Morgan fingerprint density at radius 3 is 2.50 bits per heavy atom. The average Bonchev–Trinajstić information content (AvgIpc) is 3.03. The summed E-state index contributed by atoms with van der Waals surface area (Å²) in [6.45, 7) is 7.48. The fraction of sp³-hybridized carbons (Fsp3) is 1.00. The molecule has 0 radical (unpaired) electrons. The summed E-state index contributed by atoms with van der Waals surface area (Å²) in [5.74, 6) is 1.03. The number of rotatable bonds is 9. The number of hydrogen-bond acceptors (Lipinski definition) is 2. The Bertz CT molecular complexity index is 185. The number of nitrogens with zero attached hydrogens (tertiary/aromatic N) is 1. The van der Waals surface area contributed by atoms with Gasteiger partial charge in [0.15, 0.2) is 0 Å². The molecule has 0 unspecified atom stereocenters. The van der Waals surface area contributed by atoms with Crippen LogP contribution in [0.1, 0.15) is 51.9 Å². The SMILES string of the molecule is CCN(CCCCNC1CC1)CC1CCC1. The lowest BCUT2D eigenvalue weighted by atomic mass is 9.85. The van der Waals surface area contributed by atoms with E-state index >= 15 is 0 Å². The zero-order chi connectivity index (χ0) is 11.2. The Kier molecular flexibility index (Phi) is 5.11. The van der Waals surface area contributed by atoms with Crippen LogP contribution >= 0.6 is 0 Å². The molecular formula is C14H28N2. The third-order valence-electron chi connectivity index (χ3n) is 4.10. The maximum Gasteiger partial charge on any atom is 0.00682 e. The van der Waals surface area contributed by atoms with E-state index in [1.54, 1.807) is 0 Å². The van der Waals surface area contributed by atoms with Gasteiger partial charge in [0, 0.05) is 12.6 Å². The Hall–Kier alpha value is -0.0800. The van der Waals surface area contributed by atoms with Crippen molar-refractivity contribution >= 4 is 0 Å². The molecule has 1 N–H and O–H groups in total. The highest BCUT2D eigenvalue weighted by Crippen LogP contribution is 2.27. The topological polar surface area (TPSA) is 15.3 Å². The zero-order valence-corrected chi connectivity index (χ0v) is 10.9. The van der Waals surface area contributed by atoms with Gasteiger partial charge in [-0.25, -0.2) is 0 Å². The summed E-state index contributed by atoms with van der Waals surface area (Å²) in [7, 11) is 0. The molecule has 2 aliphatic rings. The van der Waals surface area contributed by atoms with Gasteiger partial charge in [-0.05, 0) is 64.1 Å². The van der Waals surface area contributed by atoms with E-state index in [1.165, 1.54) is 71.1 Å². The first-order valence-corrected chi connectivity index (χ1v) is 7.34. The molecule has 0 bridgehead atoms. The molecule has 0 amide bonds. The van der Waals surface area contributed by atoms with Gasteiger partial charge in [-0.2, -0.15) is 0 Å². The number of nitrogens with one attached hydrogen (secondary N) is 1. The van der Waals surface area contributed by atoms with E-state index < -0.39 is 0 Å². The van der Waals surface area contributed by atoms with Gasteiger partial charge in [0.05, 0.1) is 0 Å².